The van der Waals surface area contributed by atoms with Crippen molar-refractivity contribution in [1.82, 2.24) is 5.32 Å². The average molecular weight is 344 g/mol. The molecule has 19 heavy (non-hydrogen) atoms. The summed E-state index contributed by atoms with van der Waals surface area (Å²) in [6.07, 6.45) is 1.26. The standard InChI is InChI=1S/C16H26BrNS/c1-4-19-10-9-15(12-18-11-13(2)3)14-5-7-16(17)8-6-14/h5-8,13,15,18H,4,9-12H2,1-3H3. The summed E-state index contributed by atoms with van der Waals surface area (Å²) < 4.78 is 1.16. The van der Waals surface area contributed by atoms with E-state index in [0.29, 0.717) is 5.92 Å². The highest BCUT2D eigenvalue weighted by atomic mass is 79.9. The van der Waals surface area contributed by atoms with Crippen molar-refractivity contribution in [3.8, 4) is 0 Å². The lowest BCUT2D eigenvalue weighted by Crippen LogP contribution is -2.25. The zero-order valence-electron chi connectivity index (χ0n) is 12.3. The minimum Gasteiger partial charge on any atom is -0.316 e. The van der Waals surface area contributed by atoms with Crippen LogP contribution in [0.4, 0.5) is 0 Å². The lowest BCUT2D eigenvalue weighted by Gasteiger charge is -2.19. The summed E-state index contributed by atoms with van der Waals surface area (Å²) in [5.41, 5.74) is 1.45. The van der Waals surface area contributed by atoms with Crippen molar-refractivity contribution in [2.75, 3.05) is 24.6 Å². The molecule has 1 rings (SSSR count). The molecule has 0 aliphatic rings. The van der Waals surface area contributed by atoms with E-state index in [4.69, 9.17) is 0 Å². The summed E-state index contributed by atoms with van der Waals surface area (Å²) in [4.78, 5) is 0. The molecular formula is C16H26BrNS. The summed E-state index contributed by atoms with van der Waals surface area (Å²) in [5.74, 6) is 3.81. The van der Waals surface area contributed by atoms with Crippen molar-refractivity contribution in [3.63, 3.8) is 0 Å². The number of nitrogens with one attached hydrogen (secondary N) is 1. The third-order valence-corrected chi connectivity index (χ3v) is 4.56. The van der Waals surface area contributed by atoms with Gasteiger partial charge in [-0.25, -0.2) is 0 Å². The smallest absolute Gasteiger partial charge is 0.0175 e. The van der Waals surface area contributed by atoms with E-state index in [2.05, 4.69) is 66.3 Å². The van der Waals surface area contributed by atoms with Gasteiger partial charge in [0.05, 0.1) is 0 Å². The topological polar surface area (TPSA) is 12.0 Å². The Morgan fingerprint density at radius 3 is 2.42 bits per heavy atom. The lowest BCUT2D eigenvalue weighted by atomic mass is 9.96. The number of hydrogen-bond donors (Lipinski definition) is 1. The first kappa shape index (κ1) is 17.1. The van der Waals surface area contributed by atoms with Crippen LogP contribution in [-0.4, -0.2) is 24.6 Å². The van der Waals surface area contributed by atoms with E-state index >= 15 is 0 Å². The third-order valence-electron chi connectivity index (χ3n) is 3.10. The van der Waals surface area contributed by atoms with Gasteiger partial charge in [-0.3, -0.25) is 0 Å². The molecule has 108 valence electrons. The monoisotopic (exact) mass is 343 g/mol. The van der Waals surface area contributed by atoms with E-state index < -0.39 is 0 Å². The highest BCUT2D eigenvalue weighted by Gasteiger charge is 2.11. The quantitative estimate of drug-likeness (QED) is 0.638. The maximum atomic E-state index is 3.60. The molecule has 0 spiro atoms. The van der Waals surface area contributed by atoms with Crippen molar-refractivity contribution in [2.45, 2.75) is 33.1 Å². The SMILES string of the molecule is CCSCCC(CNCC(C)C)c1ccc(Br)cc1. The van der Waals surface area contributed by atoms with E-state index in [-0.39, 0.29) is 0 Å². The number of halogens is 1. The molecule has 1 unspecified atom stereocenters. The number of benzene rings is 1. The predicted molar refractivity (Wildman–Crippen MR) is 92.2 cm³/mol. The van der Waals surface area contributed by atoms with E-state index in [9.17, 15) is 0 Å². The molecule has 3 heteroatoms. The number of thioether (sulfide) groups is 1. The Kier molecular flexibility index (Phi) is 8.84. The normalized spacial score (nSPS) is 12.9. The molecule has 0 radical (unpaired) electrons. The van der Waals surface area contributed by atoms with Crippen LogP contribution in [0.3, 0.4) is 0 Å². The second-order valence-corrected chi connectivity index (χ2v) is 7.60. The molecular weight excluding hydrogens is 318 g/mol. The Labute approximate surface area is 131 Å². The molecule has 0 amide bonds. The molecule has 0 aliphatic heterocycles. The summed E-state index contributed by atoms with van der Waals surface area (Å²) >= 11 is 5.55. The molecule has 0 heterocycles. The molecule has 0 saturated carbocycles. The number of rotatable bonds is 9. The molecule has 0 aliphatic carbocycles. The molecule has 0 saturated heterocycles. The molecule has 0 bridgehead atoms. The van der Waals surface area contributed by atoms with E-state index in [1.165, 1.54) is 23.5 Å². The van der Waals surface area contributed by atoms with Gasteiger partial charge in [0.2, 0.25) is 0 Å². The molecule has 0 aromatic heterocycles. The second kappa shape index (κ2) is 9.84. The highest BCUT2D eigenvalue weighted by Crippen LogP contribution is 2.23. The third kappa shape index (κ3) is 7.38. The van der Waals surface area contributed by atoms with Gasteiger partial charge in [0.15, 0.2) is 0 Å². The van der Waals surface area contributed by atoms with E-state index in [1.54, 1.807) is 0 Å². The summed E-state index contributed by atoms with van der Waals surface area (Å²) in [6, 6.07) is 8.81. The van der Waals surface area contributed by atoms with Gasteiger partial charge >= 0.3 is 0 Å². The van der Waals surface area contributed by atoms with Crippen LogP contribution in [0.2, 0.25) is 0 Å². The van der Waals surface area contributed by atoms with Crippen LogP contribution in [0.1, 0.15) is 38.7 Å². The van der Waals surface area contributed by atoms with Gasteiger partial charge < -0.3 is 5.32 Å². The zero-order valence-corrected chi connectivity index (χ0v) is 14.7. The van der Waals surface area contributed by atoms with Gasteiger partial charge in [-0.2, -0.15) is 11.8 Å². The molecule has 1 aromatic carbocycles. The lowest BCUT2D eigenvalue weighted by molar-refractivity contribution is 0.511. The van der Waals surface area contributed by atoms with Gasteiger partial charge in [0.25, 0.3) is 0 Å². The maximum Gasteiger partial charge on any atom is 0.0175 e. The molecule has 1 N–H and O–H groups in total. The van der Waals surface area contributed by atoms with Crippen molar-refractivity contribution in [1.29, 1.82) is 0 Å². The van der Waals surface area contributed by atoms with E-state index in [0.717, 1.165) is 23.5 Å². The van der Waals surface area contributed by atoms with Crippen LogP contribution in [0.25, 0.3) is 0 Å². The molecule has 1 nitrogen and oxygen atoms in total. The minimum absolute atomic E-state index is 0.630. The molecule has 1 aromatic rings. The summed E-state index contributed by atoms with van der Waals surface area (Å²) in [7, 11) is 0. The first-order valence-electron chi connectivity index (χ1n) is 7.17. The minimum atomic E-state index is 0.630. The van der Waals surface area contributed by atoms with Crippen LogP contribution >= 0.6 is 27.7 Å². The Morgan fingerprint density at radius 1 is 1.16 bits per heavy atom. The molecule has 1 atom stereocenters. The van der Waals surface area contributed by atoms with Crippen LogP contribution in [0, 0.1) is 5.92 Å². The highest BCUT2D eigenvalue weighted by molar-refractivity contribution is 9.10. The van der Waals surface area contributed by atoms with Gasteiger partial charge in [-0.1, -0.05) is 48.8 Å². The molecule has 0 fully saturated rings. The maximum absolute atomic E-state index is 3.60. The Bertz CT molecular complexity index is 337. The van der Waals surface area contributed by atoms with Crippen molar-refractivity contribution in [2.24, 2.45) is 5.92 Å². The first-order chi connectivity index (χ1) is 9.13. The van der Waals surface area contributed by atoms with Crippen molar-refractivity contribution >= 4 is 27.7 Å². The van der Waals surface area contributed by atoms with Crippen LogP contribution in [0.5, 0.6) is 0 Å². The summed E-state index contributed by atoms with van der Waals surface area (Å²) in [6.45, 7) is 8.94. The number of hydrogen-bond acceptors (Lipinski definition) is 2. The largest absolute Gasteiger partial charge is 0.316 e. The van der Waals surface area contributed by atoms with Crippen molar-refractivity contribution < 1.29 is 0 Å². The average Bonchev–Trinajstić information content (AvgIpc) is 2.38. The first-order valence-corrected chi connectivity index (χ1v) is 9.12. The van der Waals surface area contributed by atoms with Gasteiger partial charge in [0.1, 0.15) is 0 Å². The van der Waals surface area contributed by atoms with Crippen LogP contribution in [0.15, 0.2) is 28.7 Å². The summed E-state index contributed by atoms with van der Waals surface area (Å²) in [5, 5.41) is 3.60. The van der Waals surface area contributed by atoms with Gasteiger partial charge in [-0.15, -0.1) is 0 Å². The van der Waals surface area contributed by atoms with Crippen LogP contribution < -0.4 is 5.32 Å². The van der Waals surface area contributed by atoms with Crippen molar-refractivity contribution in [3.05, 3.63) is 34.3 Å². The second-order valence-electron chi connectivity index (χ2n) is 5.29. The fourth-order valence-electron chi connectivity index (χ4n) is 2.04. The Hall–Kier alpha value is 0.01000. The fourth-order valence-corrected chi connectivity index (χ4v) is 3.04. The fraction of sp³-hybridized carbons (Fsp3) is 0.625. The Morgan fingerprint density at radius 2 is 1.84 bits per heavy atom. The van der Waals surface area contributed by atoms with Gasteiger partial charge in [0, 0.05) is 11.0 Å². The zero-order chi connectivity index (χ0) is 14.1. The Balaban J connectivity index is 2.54. The van der Waals surface area contributed by atoms with Crippen LogP contribution in [-0.2, 0) is 0 Å². The van der Waals surface area contributed by atoms with Gasteiger partial charge in [-0.05, 0) is 54.0 Å². The van der Waals surface area contributed by atoms with E-state index in [1.807, 2.05) is 11.8 Å². The predicted octanol–water partition coefficient (Wildman–Crippen LogP) is 4.92.